The molecule has 1 saturated heterocycles. The van der Waals surface area contributed by atoms with E-state index in [-0.39, 0.29) is 37.4 Å². The normalized spacial score (nSPS) is 16.8. The summed E-state index contributed by atoms with van der Waals surface area (Å²) in [6, 6.07) is 1.01. The molecule has 0 aliphatic carbocycles. The molecule has 0 bridgehead atoms. The highest BCUT2D eigenvalue weighted by Crippen LogP contribution is 2.30. The fraction of sp³-hybridized carbons (Fsp3) is 0.688. The van der Waals surface area contributed by atoms with Crippen LogP contribution < -0.4 is 5.32 Å². The minimum atomic E-state index is -4.46. The van der Waals surface area contributed by atoms with Gasteiger partial charge in [0.2, 0.25) is 11.8 Å². The molecule has 1 aliphatic heterocycles. The molecule has 1 aromatic heterocycles. The average molecular weight is 360 g/mol. The molecule has 140 valence electrons. The van der Waals surface area contributed by atoms with Crippen molar-refractivity contribution in [1.29, 1.82) is 0 Å². The summed E-state index contributed by atoms with van der Waals surface area (Å²) in [7, 11) is 0. The Kier molecular flexibility index (Phi) is 6.07. The smallest absolute Gasteiger partial charge is 0.354 e. The number of piperidine rings is 1. The second-order valence-corrected chi connectivity index (χ2v) is 6.53. The Morgan fingerprint density at radius 2 is 2.12 bits per heavy atom. The van der Waals surface area contributed by atoms with Crippen LogP contribution in [0.5, 0.6) is 0 Å². The van der Waals surface area contributed by atoms with Crippen molar-refractivity contribution < 1.29 is 22.8 Å². The molecule has 1 aromatic rings. The van der Waals surface area contributed by atoms with Gasteiger partial charge in [-0.2, -0.15) is 18.3 Å². The summed E-state index contributed by atoms with van der Waals surface area (Å²) in [6.45, 7) is 4.09. The molecule has 0 saturated carbocycles. The Labute approximate surface area is 144 Å². The molecule has 1 N–H and O–H groups in total. The molecular weight excluding hydrogens is 337 g/mol. The first-order valence-corrected chi connectivity index (χ1v) is 8.33. The minimum Gasteiger partial charge on any atom is -0.354 e. The van der Waals surface area contributed by atoms with Crippen LogP contribution in [-0.4, -0.2) is 46.1 Å². The van der Waals surface area contributed by atoms with Gasteiger partial charge >= 0.3 is 6.18 Å². The third kappa shape index (κ3) is 5.47. The van der Waals surface area contributed by atoms with Gasteiger partial charge < -0.3 is 10.2 Å². The van der Waals surface area contributed by atoms with E-state index in [1.165, 1.54) is 11.8 Å². The van der Waals surface area contributed by atoms with Crippen LogP contribution in [0.15, 0.2) is 6.07 Å². The van der Waals surface area contributed by atoms with Gasteiger partial charge in [0.25, 0.3) is 0 Å². The highest BCUT2D eigenvalue weighted by molar-refractivity contribution is 5.85. The number of nitrogens with zero attached hydrogens (tertiary/aromatic N) is 3. The van der Waals surface area contributed by atoms with Crippen molar-refractivity contribution in [2.24, 2.45) is 5.92 Å². The van der Waals surface area contributed by atoms with Gasteiger partial charge in [-0.1, -0.05) is 6.92 Å². The van der Waals surface area contributed by atoms with Crippen molar-refractivity contribution in [2.75, 3.05) is 19.6 Å². The second kappa shape index (κ2) is 7.88. The minimum absolute atomic E-state index is 0.000231. The van der Waals surface area contributed by atoms with Gasteiger partial charge in [-0.05, 0) is 31.7 Å². The predicted octanol–water partition coefficient (Wildman–Crippen LogP) is 1.98. The number of amides is 2. The van der Waals surface area contributed by atoms with Crippen molar-refractivity contribution in [3.63, 3.8) is 0 Å². The van der Waals surface area contributed by atoms with Crippen LogP contribution in [0.4, 0.5) is 13.2 Å². The Morgan fingerprint density at radius 3 is 2.76 bits per heavy atom. The molecule has 0 spiro atoms. The summed E-state index contributed by atoms with van der Waals surface area (Å²) in [5, 5.41) is 6.56. The van der Waals surface area contributed by atoms with Crippen molar-refractivity contribution in [3.8, 4) is 0 Å². The summed E-state index contributed by atoms with van der Waals surface area (Å²) < 4.78 is 39.8. The molecule has 25 heavy (non-hydrogen) atoms. The van der Waals surface area contributed by atoms with Crippen LogP contribution >= 0.6 is 0 Å². The molecule has 6 nitrogen and oxygen atoms in total. The SMILES string of the molecule is Cc1cc(C(F)(F)F)n(C[C@@H](C)CNC(=O)CN2CCCCC2=O)n1. The number of carbonyl (C=O) groups is 2. The van der Waals surface area contributed by atoms with Crippen LogP contribution in [0.1, 0.15) is 37.6 Å². The number of halogens is 3. The van der Waals surface area contributed by atoms with Crippen LogP contribution in [0.3, 0.4) is 0 Å². The zero-order valence-corrected chi connectivity index (χ0v) is 14.4. The van der Waals surface area contributed by atoms with Crippen molar-refractivity contribution in [2.45, 2.75) is 45.8 Å². The molecule has 0 aromatic carbocycles. The van der Waals surface area contributed by atoms with E-state index in [2.05, 4.69) is 10.4 Å². The lowest BCUT2D eigenvalue weighted by atomic mass is 10.1. The topological polar surface area (TPSA) is 67.2 Å². The maximum Gasteiger partial charge on any atom is 0.433 e. The third-order valence-corrected chi connectivity index (χ3v) is 4.08. The van der Waals surface area contributed by atoms with Crippen molar-refractivity contribution in [3.05, 3.63) is 17.5 Å². The first-order chi connectivity index (χ1) is 11.7. The van der Waals surface area contributed by atoms with Gasteiger partial charge in [-0.25, -0.2) is 0 Å². The number of hydrogen-bond donors (Lipinski definition) is 1. The van der Waals surface area contributed by atoms with Crippen molar-refractivity contribution in [1.82, 2.24) is 20.0 Å². The molecule has 2 rings (SSSR count). The quantitative estimate of drug-likeness (QED) is 0.844. The van der Waals surface area contributed by atoms with E-state index in [9.17, 15) is 22.8 Å². The number of aromatic nitrogens is 2. The molecule has 1 atom stereocenters. The van der Waals surface area contributed by atoms with Gasteiger partial charge in [-0.15, -0.1) is 0 Å². The summed E-state index contributed by atoms with van der Waals surface area (Å²) >= 11 is 0. The molecule has 2 heterocycles. The largest absolute Gasteiger partial charge is 0.433 e. The van der Waals surface area contributed by atoms with Crippen LogP contribution in [0, 0.1) is 12.8 Å². The van der Waals surface area contributed by atoms with Gasteiger partial charge in [0.1, 0.15) is 5.69 Å². The van der Waals surface area contributed by atoms with Crippen LogP contribution in [-0.2, 0) is 22.3 Å². The maximum absolute atomic E-state index is 13.0. The summed E-state index contributed by atoms with van der Waals surface area (Å²) in [6.07, 6.45) is -2.27. The Balaban J connectivity index is 1.83. The standard InChI is InChI=1S/C16H23F3N4O2/c1-11(9-23-13(16(17,18)19)7-12(2)21-23)8-20-14(24)10-22-6-4-3-5-15(22)25/h7,11H,3-6,8-10H2,1-2H3,(H,20,24)/t11-/m0/s1. The zero-order chi connectivity index (χ0) is 18.6. The van der Waals surface area contributed by atoms with E-state index in [4.69, 9.17) is 0 Å². The average Bonchev–Trinajstić information content (AvgIpc) is 2.88. The van der Waals surface area contributed by atoms with Gasteiger partial charge in [-0.3, -0.25) is 14.3 Å². The lowest BCUT2D eigenvalue weighted by Crippen LogP contribution is -2.44. The van der Waals surface area contributed by atoms with Crippen LogP contribution in [0.25, 0.3) is 0 Å². The number of likely N-dealkylation sites (tertiary alicyclic amines) is 1. The molecule has 1 aliphatic rings. The zero-order valence-electron chi connectivity index (χ0n) is 14.4. The number of rotatable bonds is 6. The fourth-order valence-electron chi connectivity index (χ4n) is 2.82. The number of nitrogens with one attached hydrogen (secondary N) is 1. The van der Waals surface area contributed by atoms with Gasteiger partial charge in [0, 0.05) is 26.1 Å². The highest BCUT2D eigenvalue weighted by atomic mass is 19.4. The van der Waals surface area contributed by atoms with Gasteiger partial charge in [0.05, 0.1) is 12.2 Å². The second-order valence-electron chi connectivity index (χ2n) is 6.53. The fourth-order valence-corrected chi connectivity index (χ4v) is 2.82. The Morgan fingerprint density at radius 1 is 1.40 bits per heavy atom. The summed E-state index contributed by atoms with van der Waals surface area (Å²) in [5.41, 5.74) is -0.491. The predicted molar refractivity (Wildman–Crippen MR) is 84.6 cm³/mol. The van der Waals surface area contributed by atoms with E-state index in [0.29, 0.717) is 18.7 Å². The molecular formula is C16H23F3N4O2. The number of carbonyl (C=O) groups excluding carboxylic acids is 2. The molecule has 2 amide bonds. The third-order valence-electron chi connectivity index (χ3n) is 4.08. The summed E-state index contributed by atoms with van der Waals surface area (Å²) in [5.74, 6) is -0.563. The molecule has 9 heteroatoms. The monoisotopic (exact) mass is 360 g/mol. The molecule has 0 radical (unpaired) electrons. The first-order valence-electron chi connectivity index (χ1n) is 8.33. The van der Waals surface area contributed by atoms with Gasteiger partial charge in [0.15, 0.2) is 0 Å². The van der Waals surface area contributed by atoms with E-state index >= 15 is 0 Å². The lowest BCUT2D eigenvalue weighted by Gasteiger charge is -2.26. The van der Waals surface area contributed by atoms with E-state index < -0.39 is 11.9 Å². The maximum atomic E-state index is 13.0. The van der Waals surface area contributed by atoms with E-state index in [0.717, 1.165) is 23.6 Å². The number of alkyl halides is 3. The molecule has 0 unspecified atom stereocenters. The Bertz CT molecular complexity index is 627. The summed E-state index contributed by atoms with van der Waals surface area (Å²) in [4.78, 5) is 25.1. The Hall–Kier alpha value is -2.06. The van der Waals surface area contributed by atoms with Crippen molar-refractivity contribution >= 4 is 11.8 Å². The number of aryl methyl sites for hydroxylation is 1. The van der Waals surface area contributed by atoms with E-state index in [1.807, 2.05) is 0 Å². The highest BCUT2D eigenvalue weighted by Gasteiger charge is 2.35. The first kappa shape index (κ1) is 19.3. The van der Waals surface area contributed by atoms with Crippen LogP contribution in [0.2, 0.25) is 0 Å². The lowest BCUT2D eigenvalue weighted by molar-refractivity contribution is -0.144. The number of hydrogen-bond acceptors (Lipinski definition) is 3. The molecule has 1 fully saturated rings. The van der Waals surface area contributed by atoms with E-state index in [1.54, 1.807) is 6.92 Å².